The minimum Gasteiger partial charge on any atom is -0.529 e. The van der Waals surface area contributed by atoms with E-state index in [2.05, 4.69) is 0 Å². The Morgan fingerprint density at radius 3 is 1.11 bits per heavy atom. The summed E-state index contributed by atoms with van der Waals surface area (Å²) in [6.07, 6.45) is 0. The Kier molecular flexibility index (Phi) is 11.4. The average Bonchev–Trinajstić information content (AvgIpc) is 2.63. The third kappa shape index (κ3) is 12.3. The van der Waals surface area contributed by atoms with Crippen LogP contribution in [-0.2, 0) is 9.47 Å². The number of esters is 2. The summed E-state index contributed by atoms with van der Waals surface area (Å²) in [6.45, 7) is 11.1. The maximum atomic E-state index is 11.4. The molecule has 0 saturated heterocycles. The zero-order chi connectivity index (χ0) is 21.8. The van der Waals surface area contributed by atoms with Gasteiger partial charge in [0.05, 0.1) is 11.1 Å². The van der Waals surface area contributed by atoms with Crippen molar-refractivity contribution in [2.45, 2.75) is 52.7 Å². The second kappa shape index (κ2) is 12.4. The first-order chi connectivity index (χ1) is 13.0. The molecule has 0 saturated carbocycles. The number of benzene rings is 2. The fourth-order valence-electron chi connectivity index (χ4n) is 1.82. The molecule has 0 aliphatic carbocycles. The first-order valence-corrected chi connectivity index (χ1v) is 9.32. The lowest BCUT2D eigenvalue weighted by atomic mass is 10.2. The number of carbonyl (C=O) groups is 2. The van der Waals surface area contributed by atoms with Gasteiger partial charge in [0.2, 0.25) is 0 Å². The van der Waals surface area contributed by atoms with E-state index < -0.39 is 11.2 Å². The summed E-state index contributed by atoms with van der Waals surface area (Å²) in [5, 5.41) is 0. The molecular weight excluding hydrogens is 371 g/mol. The molecule has 2 aromatic rings. The minimum atomic E-state index is -0.424. The lowest BCUT2D eigenvalue weighted by molar-refractivity contribution is 0.00570. The van der Waals surface area contributed by atoms with E-state index in [0.717, 1.165) is 0 Å². The van der Waals surface area contributed by atoms with Gasteiger partial charge in [-0.05, 0) is 65.8 Å². The van der Waals surface area contributed by atoms with Gasteiger partial charge in [-0.25, -0.2) is 9.59 Å². The highest BCUT2D eigenvalue weighted by Gasteiger charge is 2.17. The number of hydrogen-bond donors (Lipinski definition) is 1. The van der Waals surface area contributed by atoms with Crippen LogP contribution in [0.25, 0.3) is 0 Å². The molecule has 28 heavy (non-hydrogen) atoms. The van der Waals surface area contributed by atoms with Gasteiger partial charge < -0.3 is 13.6 Å². The Morgan fingerprint density at radius 1 is 0.643 bits per heavy atom. The van der Waals surface area contributed by atoms with Crippen molar-refractivity contribution < 1.29 is 23.2 Å². The number of rotatable bonds is 2. The van der Waals surface area contributed by atoms with Crippen LogP contribution in [0.5, 0.6) is 0 Å². The highest BCUT2D eigenvalue weighted by molar-refractivity contribution is 5.95. The van der Waals surface area contributed by atoms with Crippen LogP contribution in [0.2, 0.25) is 0 Å². The van der Waals surface area contributed by atoms with E-state index in [1.807, 2.05) is 77.9 Å². The molecule has 0 unspecified atom stereocenters. The van der Waals surface area contributed by atoms with Gasteiger partial charge >= 0.3 is 28.6 Å². The van der Waals surface area contributed by atoms with Crippen LogP contribution in [0, 0.1) is 0 Å². The summed E-state index contributed by atoms with van der Waals surface area (Å²) in [6, 6.07) is 18.0. The molecule has 0 spiro atoms. The smallest absolute Gasteiger partial charge is 0.363 e. The molecule has 0 fully saturated rings. The van der Waals surface area contributed by atoms with Crippen LogP contribution in [-0.4, -0.2) is 43.9 Å². The molecule has 0 aliphatic rings. The van der Waals surface area contributed by atoms with Crippen molar-refractivity contribution in [3.63, 3.8) is 0 Å². The lowest BCUT2D eigenvalue weighted by Crippen LogP contribution is -2.23. The van der Waals surface area contributed by atoms with Crippen LogP contribution in [0.4, 0.5) is 0 Å². The van der Waals surface area contributed by atoms with Gasteiger partial charge in [-0.15, -0.1) is 0 Å². The molecular formula is C22H29AlO5. The first kappa shape index (κ1) is 25.9. The zero-order valence-corrected chi connectivity index (χ0v) is 18.6. The van der Waals surface area contributed by atoms with E-state index >= 15 is 0 Å². The second-order valence-electron chi connectivity index (χ2n) is 7.74. The SMILES string of the molecule is CC(C)(C)OC(=O)c1ccccc1.CC(C)(C)OC(=O)c1ccccc1.[OH][Al]. The van der Waals surface area contributed by atoms with Crippen molar-refractivity contribution in [2.24, 2.45) is 0 Å². The molecule has 1 N–H and O–H groups in total. The molecule has 0 bridgehead atoms. The predicted octanol–water partition coefficient (Wildman–Crippen LogP) is 4.35. The molecule has 2 aromatic carbocycles. The molecule has 0 aliphatic heterocycles. The van der Waals surface area contributed by atoms with Gasteiger partial charge in [-0.1, -0.05) is 36.4 Å². The Balaban J connectivity index is 0.000000478. The van der Waals surface area contributed by atoms with Crippen molar-refractivity contribution in [1.29, 1.82) is 0 Å². The van der Waals surface area contributed by atoms with Crippen LogP contribution in [0.15, 0.2) is 60.7 Å². The quantitative estimate of drug-likeness (QED) is 0.599. The van der Waals surface area contributed by atoms with Gasteiger partial charge in [0, 0.05) is 0 Å². The molecule has 6 heteroatoms. The monoisotopic (exact) mass is 400 g/mol. The van der Waals surface area contributed by atoms with Crippen LogP contribution >= 0.6 is 0 Å². The maximum absolute atomic E-state index is 11.4. The topological polar surface area (TPSA) is 72.8 Å². The number of hydrogen-bond acceptors (Lipinski definition) is 5. The van der Waals surface area contributed by atoms with Crippen molar-refractivity contribution in [1.82, 2.24) is 0 Å². The standard InChI is InChI=1S/2C11H14O2.Al.H2O/c2*1-11(2,3)13-10(12)9-7-5-4-6-8-9;;/h2*4-8H,1-3H3;;1H2/q;;+1;/p-1. The molecule has 0 heterocycles. The molecule has 0 amide bonds. The van der Waals surface area contributed by atoms with Gasteiger partial charge in [0.25, 0.3) is 0 Å². The fourth-order valence-corrected chi connectivity index (χ4v) is 1.82. The summed E-state index contributed by atoms with van der Waals surface area (Å²) in [5.41, 5.74) is 0.342. The molecule has 2 rings (SSSR count). The average molecular weight is 400 g/mol. The van der Waals surface area contributed by atoms with Gasteiger partial charge in [-0.3, -0.25) is 0 Å². The van der Waals surface area contributed by atoms with E-state index in [9.17, 15) is 9.59 Å². The maximum Gasteiger partial charge on any atom is 0.363 e. The Labute approximate surface area is 176 Å². The summed E-state index contributed by atoms with van der Waals surface area (Å²) in [7, 11) is 0. The highest BCUT2D eigenvalue weighted by Crippen LogP contribution is 2.12. The van der Waals surface area contributed by atoms with Crippen molar-refractivity contribution in [2.75, 3.05) is 0 Å². The second-order valence-corrected chi connectivity index (χ2v) is 7.74. The van der Waals surface area contributed by atoms with Crippen LogP contribution in [0.1, 0.15) is 62.3 Å². The van der Waals surface area contributed by atoms with Crippen LogP contribution < -0.4 is 0 Å². The third-order valence-corrected chi connectivity index (χ3v) is 2.82. The lowest BCUT2D eigenvalue weighted by Gasteiger charge is -2.19. The van der Waals surface area contributed by atoms with Gasteiger partial charge in [-0.2, -0.15) is 0 Å². The third-order valence-electron chi connectivity index (χ3n) is 2.82. The zero-order valence-electron chi connectivity index (χ0n) is 17.4. The molecule has 150 valence electrons. The minimum absolute atomic E-state index is 0.270. The summed E-state index contributed by atoms with van der Waals surface area (Å²) >= 11 is 1.42. The van der Waals surface area contributed by atoms with Gasteiger partial charge in [0.15, 0.2) is 0 Å². The summed E-state index contributed by atoms with van der Waals surface area (Å²) in [4.78, 5) is 22.9. The summed E-state index contributed by atoms with van der Waals surface area (Å²) in [5.74, 6) is -0.541. The molecule has 0 aromatic heterocycles. The van der Waals surface area contributed by atoms with Crippen LogP contribution in [0.3, 0.4) is 0 Å². The van der Waals surface area contributed by atoms with E-state index in [1.165, 1.54) is 16.6 Å². The Bertz CT molecular complexity index is 638. The van der Waals surface area contributed by atoms with Crippen molar-refractivity contribution >= 4 is 28.6 Å². The number of carbonyl (C=O) groups excluding carboxylic acids is 2. The molecule has 5 nitrogen and oxygen atoms in total. The van der Waals surface area contributed by atoms with E-state index in [0.29, 0.717) is 11.1 Å². The van der Waals surface area contributed by atoms with E-state index in [1.54, 1.807) is 24.3 Å². The number of ether oxygens (including phenoxy) is 2. The van der Waals surface area contributed by atoms with Crippen molar-refractivity contribution in [3.05, 3.63) is 71.8 Å². The summed E-state index contributed by atoms with van der Waals surface area (Å²) < 4.78 is 17.3. The Morgan fingerprint density at radius 2 is 0.893 bits per heavy atom. The first-order valence-electron chi connectivity index (χ1n) is 8.80. The normalized spacial score (nSPS) is 10.4. The molecule has 2 radical (unpaired) electrons. The van der Waals surface area contributed by atoms with E-state index in [-0.39, 0.29) is 11.9 Å². The van der Waals surface area contributed by atoms with E-state index in [4.69, 9.17) is 13.6 Å². The van der Waals surface area contributed by atoms with Crippen molar-refractivity contribution in [3.8, 4) is 0 Å². The largest absolute Gasteiger partial charge is 0.529 e. The Hall–Kier alpha value is -2.13. The predicted molar refractivity (Wildman–Crippen MR) is 111 cm³/mol. The fraction of sp³-hybridized carbons (Fsp3) is 0.364. The van der Waals surface area contributed by atoms with Gasteiger partial charge in [0.1, 0.15) is 11.2 Å². The molecule has 0 atom stereocenters. The highest BCUT2D eigenvalue weighted by atomic mass is 27.1.